The number of hydrogen-bond acceptors (Lipinski definition) is 8. The molecular weight excluding hydrogens is 388 g/mol. The van der Waals surface area contributed by atoms with Gasteiger partial charge in [0.1, 0.15) is 17.7 Å². The number of nitrogens with two attached hydrogens (primary N) is 1. The topological polar surface area (TPSA) is 111 Å². The quantitative estimate of drug-likeness (QED) is 0.255. The number of aromatic nitrogens is 3. The Hall–Kier alpha value is -2.54. The number of carbonyl (C=O) groups is 1. The molecule has 3 rings (SSSR count). The molecule has 150 valence electrons. The van der Waals surface area contributed by atoms with E-state index in [4.69, 9.17) is 42.7 Å². The highest BCUT2D eigenvalue weighted by Gasteiger charge is 2.40. The van der Waals surface area contributed by atoms with Crippen LogP contribution in [0.5, 0.6) is 0 Å². The van der Waals surface area contributed by atoms with Crippen LogP contribution in [0.25, 0.3) is 11.0 Å². The summed E-state index contributed by atoms with van der Waals surface area (Å²) in [6.45, 7) is 3.22. The van der Waals surface area contributed by atoms with Crippen LogP contribution in [0.15, 0.2) is 12.3 Å². The molecule has 2 aromatic heterocycles. The van der Waals surface area contributed by atoms with Crippen molar-refractivity contribution >= 4 is 34.6 Å². The number of fused-ring (bicyclic) bond motifs is 1. The summed E-state index contributed by atoms with van der Waals surface area (Å²) in [6, 6.07) is 1.80. The molecule has 2 atom stereocenters. The Kier molecular flexibility index (Phi) is 5.93. The van der Waals surface area contributed by atoms with Crippen molar-refractivity contribution in [3.8, 4) is 12.3 Å². The van der Waals surface area contributed by atoms with E-state index in [-0.39, 0.29) is 31.0 Å². The van der Waals surface area contributed by atoms with Gasteiger partial charge in [0.15, 0.2) is 12.4 Å². The van der Waals surface area contributed by atoms with E-state index in [1.54, 1.807) is 26.1 Å². The lowest BCUT2D eigenvalue weighted by Crippen LogP contribution is -2.33. The predicted octanol–water partition coefficient (Wildman–Crippen LogP) is 2.88. The second-order valence-corrected chi connectivity index (χ2v) is 6.95. The van der Waals surface area contributed by atoms with E-state index in [9.17, 15) is 4.79 Å². The van der Waals surface area contributed by atoms with E-state index in [2.05, 4.69) is 15.9 Å². The van der Waals surface area contributed by atoms with E-state index in [1.807, 2.05) is 4.57 Å². The fourth-order valence-corrected chi connectivity index (χ4v) is 3.14. The van der Waals surface area contributed by atoms with Crippen LogP contribution in [0.3, 0.4) is 0 Å². The monoisotopic (exact) mass is 408 g/mol. The lowest BCUT2D eigenvalue weighted by molar-refractivity contribution is -0.115. The maximum atomic E-state index is 11.4. The van der Waals surface area contributed by atoms with E-state index in [0.717, 1.165) is 0 Å². The number of terminal acetylenes is 1. The van der Waals surface area contributed by atoms with Gasteiger partial charge in [0.05, 0.1) is 18.1 Å². The zero-order valence-corrected chi connectivity index (χ0v) is 16.3. The Bertz CT molecular complexity index is 909. The molecule has 1 saturated heterocycles. The third-order valence-electron chi connectivity index (χ3n) is 4.23. The Morgan fingerprint density at radius 3 is 3.07 bits per heavy atom. The fourth-order valence-electron chi connectivity index (χ4n) is 2.97. The molecule has 1 fully saturated rings. The zero-order chi connectivity index (χ0) is 20.3. The average Bonchev–Trinajstić information content (AvgIpc) is 3.23. The minimum absolute atomic E-state index is 0.0555. The standard InChI is InChI=1S/C18H21ClN4O5/c1-4-18(9-25-10-26-17(24)27-11(2)3)7-5-13(28-18)23-8-6-12-14(20)21-16(19)22-15(12)23/h1,6,8,11,13H,5,7,9-10H2,2-3H3,(H2,20,21,22)/t13-,18+/m1/s1. The zero-order valence-electron chi connectivity index (χ0n) is 15.6. The van der Waals surface area contributed by atoms with Crippen molar-refractivity contribution in [1.29, 1.82) is 0 Å². The van der Waals surface area contributed by atoms with Crippen molar-refractivity contribution in [2.45, 2.75) is 44.6 Å². The second-order valence-electron chi connectivity index (χ2n) is 6.62. The normalized spacial score (nSPS) is 21.8. The molecule has 0 spiro atoms. The molecule has 0 radical (unpaired) electrons. The number of hydrogen-bond donors (Lipinski definition) is 1. The Labute approximate surface area is 167 Å². The van der Waals surface area contributed by atoms with Gasteiger partial charge >= 0.3 is 6.16 Å². The summed E-state index contributed by atoms with van der Waals surface area (Å²) >= 11 is 5.92. The maximum Gasteiger partial charge on any atom is 0.510 e. The van der Waals surface area contributed by atoms with E-state index < -0.39 is 11.8 Å². The lowest BCUT2D eigenvalue weighted by Gasteiger charge is -2.24. The van der Waals surface area contributed by atoms with Crippen LogP contribution < -0.4 is 5.73 Å². The van der Waals surface area contributed by atoms with Crippen molar-refractivity contribution in [1.82, 2.24) is 14.5 Å². The van der Waals surface area contributed by atoms with Gasteiger partial charge in [0, 0.05) is 6.20 Å². The van der Waals surface area contributed by atoms with Crippen molar-refractivity contribution in [2.24, 2.45) is 0 Å². The van der Waals surface area contributed by atoms with Crippen molar-refractivity contribution in [2.75, 3.05) is 19.1 Å². The number of carbonyl (C=O) groups excluding carboxylic acids is 1. The molecule has 9 nitrogen and oxygen atoms in total. The Morgan fingerprint density at radius 2 is 2.36 bits per heavy atom. The molecule has 0 aromatic carbocycles. The first-order chi connectivity index (χ1) is 13.3. The molecule has 0 unspecified atom stereocenters. The van der Waals surface area contributed by atoms with Crippen LogP contribution in [0, 0.1) is 12.3 Å². The summed E-state index contributed by atoms with van der Waals surface area (Å²) in [5.74, 6) is 2.94. The summed E-state index contributed by atoms with van der Waals surface area (Å²) in [5, 5.41) is 0.736. The summed E-state index contributed by atoms with van der Waals surface area (Å²) in [7, 11) is 0. The van der Waals surface area contributed by atoms with Crippen molar-refractivity contribution in [3.05, 3.63) is 17.5 Å². The number of halogens is 1. The van der Waals surface area contributed by atoms with Crippen LogP contribution in [0.1, 0.15) is 32.9 Å². The van der Waals surface area contributed by atoms with Gasteiger partial charge in [0.2, 0.25) is 5.28 Å². The fraction of sp³-hybridized carbons (Fsp3) is 0.500. The van der Waals surface area contributed by atoms with Gasteiger partial charge in [-0.2, -0.15) is 4.98 Å². The minimum atomic E-state index is -0.949. The van der Waals surface area contributed by atoms with Gasteiger partial charge in [-0.25, -0.2) is 9.78 Å². The second kappa shape index (κ2) is 8.22. The van der Waals surface area contributed by atoms with Gasteiger partial charge in [-0.05, 0) is 44.4 Å². The van der Waals surface area contributed by atoms with E-state index in [0.29, 0.717) is 29.7 Å². The molecule has 3 heterocycles. The predicted molar refractivity (Wildman–Crippen MR) is 101 cm³/mol. The van der Waals surface area contributed by atoms with Gasteiger partial charge < -0.3 is 29.2 Å². The van der Waals surface area contributed by atoms with Gasteiger partial charge in [0.25, 0.3) is 0 Å². The van der Waals surface area contributed by atoms with Gasteiger partial charge in [-0.15, -0.1) is 6.42 Å². The van der Waals surface area contributed by atoms with Crippen LogP contribution in [0.4, 0.5) is 10.6 Å². The number of anilines is 1. The smallest absolute Gasteiger partial charge is 0.432 e. The maximum absolute atomic E-state index is 11.4. The lowest BCUT2D eigenvalue weighted by atomic mass is 10.0. The van der Waals surface area contributed by atoms with Gasteiger partial charge in [-0.3, -0.25) is 0 Å². The molecule has 0 amide bonds. The summed E-state index contributed by atoms with van der Waals surface area (Å²) in [6.07, 6.45) is 7.24. The number of ether oxygens (including phenoxy) is 4. The highest BCUT2D eigenvalue weighted by Crippen LogP contribution is 2.38. The van der Waals surface area contributed by atoms with Crippen LogP contribution in [0.2, 0.25) is 5.28 Å². The number of nitrogens with zero attached hydrogens (tertiary/aromatic N) is 3. The molecule has 2 aromatic rings. The highest BCUT2D eigenvalue weighted by atomic mass is 35.5. The minimum Gasteiger partial charge on any atom is -0.432 e. The molecule has 10 heteroatoms. The summed E-state index contributed by atoms with van der Waals surface area (Å²) < 4.78 is 23.0. The van der Waals surface area contributed by atoms with Gasteiger partial charge in [-0.1, -0.05) is 5.92 Å². The summed E-state index contributed by atoms with van der Waals surface area (Å²) in [5.41, 5.74) is 5.51. The first-order valence-electron chi connectivity index (χ1n) is 8.70. The first-order valence-corrected chi connectivity index (χ1v) is 9.07. The molecule has 1 aliphatic heterocycles. The highest BCUT2D eigenvalue weighted by molar-refractivity contribution is 6.28. The molecule has 0 bridgehead atoms. The van der Waals surface area contributed by atoms with Crippen LogP contribution in [-0.2, 0) is 18.9 Å². The summed E-state index contributed by atoms with van der Waals surface area (Å²) in [4.78, 5) is 19.5. The third-order valence-corrected chi connectivity index (χ3v) is 4.40. The third kappa shape index (κ3) is 4.30. The molecule has 2 N–H and O–H groups in total. The molecular formula is C18H21ClN4O5. The molecule has 28 heavy (non-hydrogen) atoms. The molecule has 1 aliphatic rings. The van der Waals surface area contributed by atoms with Crippen molar-refractivity contribution < 1.29 is 23.7 Å². The van der Waals surface area contributed by atoms with E-state index >= 15 is 0 Å². The molecule has 0 aliphatic carbocycles. The largest absolute Gasteiger partial charge is 0.510 e. The Balaban J connectivity index is 1.63. The first kappa shape index (κ1) is 20.2. The molecule has 0 saturated carbocycles. The number of rotatable bonds is 6. The van der Waals surface area contributed by atoms with Crippen LogP contribution >= 0.6 is 11.6 Å². The SMILES string of the molecule is C#C[C@@]1(COCOC(=O)OC(C)C)CC[C@H](n2ccc3c(N)nc(Cl)nc32)O1. The Morgan fingerprint density at radius 1 is 1.57 bits per heavy atom. The van der Waals surface area contributed by atoms with Crippen LogP contribution in [-0.4, -0.2) is 45.8 Å². The van der Waals surface area contributed by atoms with E-state index in [1.165, 1.54) is 0 Å². The number of nitrogen functional groups attached to an aromatic ring is 1. The van der Waals surface area contributed by atoms with Crippen molar-refractivity contribution in [3.63, 3.8) is 0 Å². The average molecular weight is 409 g/mol.